The Morgan fingerprint density at radius 1 is 1.15 bits per heavy atom. The van der Waals surface area contributed by atoms with E-state index in [0.29, 0.717) is 11.4 Å². The van der Waals surface area contributed by atoms with Crippen molar-refractivity contribution in [2.45, 2.75) is 19.8 Å². The molecule has 0 aliphatic heterocycles. The van der Waals surface area contributed by atoms with Gasteiger partial charge in [-0.3, -0.25) is 10.1 Å². The Morgan fingerprint density at radius 3 is 2.45 bits per heavy atom. The van der Waals surface area contributed by atoms with Gasteiger partial charge in [0.1, 0.15) is 0 Å². The number of hydrogen-bond acceptors (Lipinski definition) is 4. The highest BCUT2D eigenvalue weighted by molar-refractivity contribution is 5.67. The Hall–Kier alpha value is -2.56. The molecule has 5 nitrogen and oxygen atoms in total. The Bertz CT molecular complexity index is 609. The van der Waals surface area contributed by atoms with Crippen molar-refractivity contribution in [3.8, 4) is 0 Å². The maximum Gasteiger partial charge on any atom is 0.273 e. The van der Waals surface area contributed by atoms with Gasteiger partial charge in [-0.25, -0.2) is 0 Å². The van der Waals surface area contributed by atoms with Crippen molar-refractivity contribution in [3.63, 3.8) is 0 Å². The molecule has 0 radical (unpaired) electrons. The van der Waals surface area contributed by atoms with Crippen LogP contribution in [0.4, 0.5) is 22.7 Å². The average molecular weight is 271 g/mol. The average Bonchev–Trinajstić information content (AvgIpc) is 2.40. The molecule has 2 rings (SSSR count). The van der Waals surface area contributed by atoms with Crippen molar-refractivity contribution < 1.29 is 4.92 Å². The first-order valence-electron chi connectivity index (χ1n) is 6.49. The Labute approximate surface area is 117 Å². The van der Waals surface area contributed by atoms with E-state index in [-0.39, 0.29) is 5.69 Å². The Morgan fingerprint density at radius 2 is 1.85 bits per heavy atom. The van der Waals surface area contributed by atoms with Crippen molar-refractivity contribution in [1.29, 1.82) is 0 Å². The van der Waals surface area contributed by atoms with Gasteiger partial charge in [-0.1, -0.05) is 25.5 Å². The van der Waals surface area contributed by atoms with Gasteiger partial charge in [-0.15, -0.1) is 0 Å². The summed E-state index contributed by atoms with van der Waals surface area (Å²) in [5.41, 5.74) is 8.78. The lowest BCUT2D eigenvalue weighted by molar-refractivity contribution is -0.384. The van der Waals surface area contributed by atoms with Crippen LogP contribution in [0.25, 0.3) is 0 Å². The van der Waals surface area contributed by atoms with E-state index < -0.39 is 4.92 Å². The van der Waals surface area contributed by atoms with Crippen molar-refractivity contribution >= 4 is 22.7 Å². The van der Waals surface area contributed by atoms with E-state index in [0.717, 1.165) is 18.5 Å². The number of anilines is 3. The second kappa shape index (κ2) is 6.06. The third-order valence-corrected chi connectivity index (χ3v) is 2.93. The van der Waals surface area contributed by atoms with Gasteiger partial charge in [0.15, 0.2) is 0 Å². The highest BCUT2D eigenvalue weighted by atomic mass is 16.6. The number of aryl methyl sites for hydroxylation is 1. The fourth-order valence-corrected chi connectivity index (χ4v) is 2.02. The smallest absolute Gasteiger partial charge is 0.273 e. The van der Waals surface area contributed by atoms with E-state index in [1.807, 2.05) is 24.3 Å². The quantitative estimate of drug-likeness (QED) is 0.491. The van der Waals surface area contributed by atoms with Crippen LogP contribution in [0.1, 0.15) is 18.9 Å². The van der Waals surface area contributed by atoms with Gasteiger partial charge in [-0.05, 0) is 30.2 Å². The number of nitrogen functional groups attached to an aromatic ring is 1. The number of nitrogens with one attached hydrogen (secondary N) is 1. The maximum atomic E-state index is 10.8. The van der Waals surface area contributed by atoms with E-state index >= 15 is 0 Å². The molecular weight excluding hydrogens is 254 g/mol. The van der Waals surface area contributed by atoms with Crippen LogP contribution in [0.3, 0.4) is 0 Å². The van der Waals surface area contributed by atoms with E-state index in [2.05, 4.69) is 12.2 Å². The molecule has 5 heteroatoms. The molecule has 0 aromatic heterocycles. The Balaban J connectivity index is 2.19. The summed E-state index contributed by atoms with van der Waals surface area (Å²) >= 11 is 0. The topological polar surface area (TPSA) is 81.2 Å². The van der Waals surface area contributed by atoms with E-state index in [9.17, 15) is 10.1 Å². The molecule has 104 valence electrons. The summed E-state index contributed by atoms with van der Waals surface area (Å²) in [6.45, 7) is 2.14. The number of benzene rings is 2. The SMILES string of the molecule is CCCc1ccc(Nc2cc(N)cc([N+](=O)[O-])c2)cc1. The molecular formula is C15H17N3O2. The number of non-ortho nitro benzene ring substituents is 1. The standard InChI is InChI=1S/C15H17N3O2/c1-2-3-11-4-6-13(7-5-11)17-14-8-12(16)9-15(10-14)18(19)20/h4-10,17H,2-3,16H2,1H3. The predicted octanol–water partition coefficient (Wildman–Crippen LogP) is 3.87. The second-order valence-electron chi connectivity index (χ2n) is 4.64. The van der Waals surface area contributed by atoms with Gasteiger partial charge in [0.25, 0.3) is 5.69 Å². The third-order valence-electron chi connectivity index (χ3n) is 2.93. The predicted molar refractivity (Wildman–Crippen MR) is 81.2 cm³/mol. The zero-order valence-corrected chi connectivity index (χ0v) is 11.3. The van der Waals surface area contributed by atoms with Crippen LogP contribution in [-0.4, -0.2) is 4.92 Å². The van der Waals surface area contributed by atoms with Crippen LogP contribution in [0, 0.1) is 10.1 Å². The molecule has 3 N–H and O–H groups in total. The van der Waals surface area contributed by atoms with E-state index in [1.165, 1.54) is 17.7 Å². The first-order chi connectivity index (χ1) is 9.58. The van der Waals surface area contributed by atoms with Crippen LogP contribution in [-0.2, 0) is 6.42 Å². The number of nitro benzene ring substituents is 1. The second-order valence-corrected chi connectivity index (χ2v) is 4.64. The molecule has 0 unspecified atom stereocenters. The molecule has 20 heavy (non-hydrogen) atoms. The molecule has 0 atom stereocenters. The van der Waals surface area contributed by atoms with Gasteiger partial charge >= 0.3 is 0 Å². The van der Waals surface area contributed by atoms with Gasteiger partial charge in [-0.2, -0.15) is 0 Å². The molecule has 0 amide bonds. The summed E-state index contributed by atoms with van der Waals surface area (Å²) in [7, 11) is 0. The molecule has 0 aliphatic carbocycles. The maximum absolute atomic E-state index is 10.8. The largest absolute Gasteiger partial charge is 0.398 e. The lowest BCUT2D eigenvalue weighted by Crippen LogP contribution is -1.96. The molecule has 0 saturated carbocycles. The summed E-state index contributed by atoms with van der Waals surface area (Å²) in [6.07, 6.45) is 2.15. The van der Waals surface area contributed by atoms with Crippen molar-refractivity contribution in [2.75, 3.05) is 11.1 Å². The van der Waals surface area contributed by atoms with Crippen molar-refractivity contribution in [1.82, 2.24) is 0 Å². The number of rotatable bonds is 5. The fraction of sp³-hybridized carbons (Fsp3) is 0.200. The molecule has 0 aliphatic rings. The number of hydrogen-bond donors (Lipinski definition) is 2. The third kappa shape index (κ3) is 3.47. The summed E-state index contributed by atoms with van der Waals surface area (Å²) in [5.74, 6) is 0. The summed E-state index contributed by atoms with van der Waals surface area (Å²) < 4.78 is 0. The molecule has 2 aromatic rings. The van der Waals surface area contributed by atoms with Gasteiger partial charge in [0, 0.05) is 29.2 Å². The van der Waals surface area contributed by atoms with Crippen LogP contribution < -0.4 is 11.1 Å². The summed E-state index contributed by atoms with van der Waals surface area (Å²) in [6, 6.07) is 12.5. The molecule has 0 spiro atoms. The van der Waals surface area contributed by atoms with Crippen molar-refractivity contribution in [2.24, 2.45) is 0 Å². The highest BCUT2D eigenvalue weighted by Gasteiger charge is 2.08. The van der Waals surface area contributed by atoms with Crippen LogP contribution in [0.2, 0.25) is 0 Å². The van der Waals surface area contributed by atoms with Gasteiger partial charge < -0.3 is 11.1 Å². The minimum Gasteiger partial charge on any atom is -0.398 e. The lowest BCUT2D eigenvalue weighted by atomic mass is 10.1. The normalized spacial score (nSPS) is 10.2. The Kier molecular flexibility index (Phi) is 4.20. The molecule has 0 fully saturated rings. The number of nitro groups is 1. The first kappa shape index (κ1) is 13.9. The van der Waals surface area contributed by atoms with Crippen molar-refractivity contribution in [3.05, 3.63) is 58.1 Å². The minimum absolute atomic E-state index is 0.0184. The molecule has 0 saturated heterocycles. The first-order valence-corrected chi connectivity index (χ1v) is 6.49. The summed E-state index contributed by atoms with van der Waals surface area (Å²) in [5, 5.41) is 13.9. The zero-order valence-electron chi connectivity index (χ0n) is 11.3. The molecule has 0 bridgehead atoms. The number of nitrogens with zero attached hydrogens (tertiary/aromatic N) is 1. The van der Waals surface area contributed by atoms with E-state index in [4.69, 9.17) is 5.73 Å². The van der Waals surface area contributed by atoms with Crippen LogP contribution in [0.15, 0.2) is 42.5 Å². The van der Waals surface area contributed by atoms with Gasteiger partial charge in [0.2, 0.25) is 0 Å². The molecule has 0 heterocycles. The highest BCUT2D eigenvalue weighted by Crippen LogP contribution is 2.25. The fourth-order valence-electron chi connectivity index (χ4n) is 2.02. The monoisotopic (exact) mass is 271 g/mol. The number of nitrogens with two attached hydrogens (primary N) is 1. The van der Waals surface area contributed by atoms with E-state index in [1.54, 1.807) is 6.07 Å². The zero-order chi connectivity index (χ0) is 14.5. The minimum atomic E-state index is -0.452. The molecule has 2 aromatic carbocycles. The van der Waals surface area contributed by atoms with Crippen LogP contribution in [0.5, 0.6) is 0 Å². The summed E-state index contributed by atoms with van der Waals surface area (Å²) in [4.78, 5) is 10.3. The lowest BCUT2D eigenvalue weighted by Gasteiger charge is -2.08. The van der Waals surface area contributed by atoms with Gasteiger partial charge in [0.05, 0.1) is 4.92 Å². The van der Waals surface area contributed by atoms with Crippen LogP contribution >= 0.6 is 0 Å².